The third kappa shape index (κ3) is 7.58. The van der Waals surface area contributed by atoms with Crippen molar-refractivity contribution < 1.29 is 9.53 Å². The zero-order chi connectivity index (χ0) is 14.3. The molecule has 0 aliphatic rings. The molecule has 0 bridgehead atoms. The second-order valence-corrected chi connectivity index (χ2v) is 5.27. The Balaban J connectivity index is 0.00000361. The molecule has 1 aromatic carbocycles. The van der Waals surface area contributed by atoms with Crippen molar-refractivity contribution in [2.45, 2.75) is 26.3 Å². The molecule has 1 aromatic rings. The van der Waals surface area contributed by atoms with Crippen molar-refractivity contribution in [2.24, 2.45) is 11.7 Å². The van der Waals surface area contributed by atoms with Crippen LogP contribution < -0.4 is 15.8 Å². The first-order chi connectivity index (χ1) is 8.99. The number of amides is 1. The summed E-state index contributed by atoms with van der Waals surface area (Å²) in [5.74, 6) is 0.958. The van der Waals surface area contributed by atoms with Crippen molar-refractivity contribution in [2.75, 3.05) is 13.2 Å². The number of rotatable bonds is 7. The fourth-order valence-electron chi connectivity index (χ4n) is 1.65. The van der Waals surface area contributed by atoms with E-state index in [4.69, 9.17) is 22.1 Å². The molecule has 4 nitrogen and oxygen atoms in total. The lowest BCUT2D eigenvalue weighted by atomic mass is 10.0. The van der Waals surface area contributed by atoms with Crippen LogP contribution in [0.2, 0.25) is 5.02 Å². The average Bonchev–Trinajstić information content (AvgIpc) is 2.33. The van der Waals surface area contributed by atoms with E-state index in [1.807, 2.05) is 26.0 Å². The van der Waals surface area contributed by atoms with E-state index in [1.54, 1.807) is 12.1 Å². The van der Waals surface area contributed by atoms with Crippen LogP contribution in [-0.2, 0) is 4.79 Å². The molecule has 20 heavy (non-hydrogen) atoms. The molecule has 1 atom stereocenters. The van der Waals surface area contributed by atoms with E-state index in [-0.39, 0.29) is 18.3 Å². The highest BCUT2D eigenvalue weighted by Crippen LogP contribution is 2.16. The van der Waals surface area contributed by atoms with Gasteiger partial charge in [0, 0.05) is 5.02 Å². The molecule has 0 heterocycles. The van der Waals surface area contributed by atoms with E-state index in [0.29, 0.717) is 36.3 Å². The Morgan fingerprint density at radius 3 is 2.75 bits per heavy atom. The van der Waals surface area contributed by atoms with Gasteiger partial charge in [0.2, 0.25) is 5.91 Å². The highest BCUT2D eigenvalue weighted by atomic mass is 35.5. The van der Waals surface area contributed by atoms with Gasteiger partial charge in [0.15, 0.2) is 0 Å². The van der Waals surface area contributed by atoms with Crippen LogP contribution in [0.5, 0.6) is 5.75 Å². The van der Waals surface area contributed by atoms with Gasteiger partial charge < -0.3 is 15.8 Å². The van der Waals surface area contributed by atoms with Gasteiger partial charge in [0.25, 0.3) is 0 Å². The number of nitrogens with two attached hydrogens (primary N) is 1. The van der Waals surface area contributed by atoms with Gasteiger partial charge in [-0.3, -0.25) is 4.79 Å². The normalized spacial score (nSPS) is 11.7. The molecule has 0 fully saturated rings. The van der Waals surface area contributed by atoms with Crippen LogP contribution in [0, 0.1) is 5.92 Å². The Labute approximate surface area is 131 Å². The molecule has 6 heteroatoms. The SMILES string of the molecule is CC(C)C[C@H](N)C(=O)NCCOc1cccc(Cl)c1.Cl. The maximum atomic E-state index is 11.6. The maximum absolute atomic E-state index is 11.6. The number of hydrogen-bond donors (Lipinski definition) is 2. The largest absolute Gasteiger partial charge is 0.492 e. The van der Waals surface area contributed by atoms with Crippen LogP contribution >= 0.6 is 24.0 Å². The minimum Gasteiger partial charge on any atom is -0.492 e. The van der Waals surface area contributed by atoms with Crippen LogP contribution in [0.3, 0.4) is 0 Å². The van der Waals surface area contributed by atoms with Crippen molar-refractivity contribution in [3.05, 3.63) is 29.3 Å². The molecule has 0 aliphatic carbocycles. The number of ether oxygens (including phenoxy) is 1. The Morgan fingerprint density at radius 1 is 1.45 bits per heavy atom. The third-order valence-corrected chi connectivity index (χ3v) is 2.76. The predicted molar refractivity (Wildman–Crippen MR) is 84.6 cm³/mol. The molecule has 0 radical (unpaired) electrons. The summed E-state index contributed by atoms with van der Waals surface area (Å²) >= 11 is 5.83. The highest BCUT2D eigenvalue weighted by molar-refractivity contribution is 6.30. The molecule has 0 aliphatic heterocycles. The van der Waals surface area contributed by atoms with Gasteiger partial charge >= 0.3 is 0 Å². The number of carbonyl (C=O) groups is 1. The monoisotopic (exact) mass is 320 g/mol. The fraction of sp³-hybridized carbons (Fsp3) is 0.500. The maximum Gasteiger partial charge on any atom is 0.237 e. The van der Waals surface area contributed by atoms with Crippen LogP contribution in [0.15, 0.2) is 24.3 Å². The number of hydrogen-bond acceptors (Lipinski definition) is 3. The van der Waals surface area contributed by atoms with Gasteiger partial charge in [-0.05, 0) is 30.5 Å². The standard InChI is InChI=1S/C14H21ClN2O2.ClH/c1-10(2)8-13(16)14(18)17-6-7-19-12-5-3-4-11(15)9-12;/h3-5,9-10,13H,6-8,16H2,1-2H3,(H,17,18);1H/t13-;/m0./s1. The molecule has 0 aromatic heterocycles. The first-order valence-corrected chi connectivity index (χ1v) is 6.78. The number of benzene rings is 1. The summed E-state index contributed by atoms with van der Waals surface area (Å²) in [5, 5.41) is 3.38. The molecule has 0 spiro atoms. The minimum atomic E-state index is -0.453. The lowest BCUT2D eigenvalue weighted by Crippen LogP contribution is -2.42. The summed E-state index contributed by atoms with van der Waals surface area (Å²) in [4.78, 5) is 11.6. The minimum absolute atomic E-state index is 0. The van der Waals surface area contributed by atoms with Gasteiger partial charge in [0.05, 0.1) is 12.6 Å². The molecule has 0 unspecified atom stereocenters. The zero-order valence-electron chi connectivity index (χ0n) is 11.8. The van der Waals surface area contributed by atoms with E-state index >= 15 is 0 Å². The van der Waals surface area contributed by atoms with Crippen molar-refractivity contribution in [1.29, 1.82) is 0 Å². The van der Waals surface area contributed by atoms with Gasteiger partial charge in [-0.15, -0.1) is 12.4 Å². The fourth-order valence-corrected chi connectivity index (χ4v) is 1.83. The second kappa shape index (κ2) is 9.86. The number of nitrogens with one attached hydrogen (secondary N) is 1. The summed E-state index contributed by atoms with van der Waals surface area (Å²) in [7, 11) is 0. The van der Waals surface area contributed by atoms with Crippen LogP contribution in [0.1, 0.15) is 20.3 Å². The quantitative estimate of drug-likeness (QED) is 0.759. The smallest absolute Gasteiger partial charge is 0.237 e. The summed E-state index contributed by atoms with van der Waals surface area (Å²) < 4.78 is 5.46. The molecule has 0 saturated carbocycles. The molecule has 1 rings (SSSR count). The molecular weight excluding hydrogens is 299 g/mol. The number of carbonyl (C=O) groups excluding carboxylic acids is 1. The van der Waals surface area contributed by atoms with Gasteiger partial charge in [0.1, 0.15) is 12.4 Å². The van der Waals surface area contributed by atoms with E-state index in [9.17, 15) is 4.79 Å². The number of halogens is 2. The average molecular weight is 321 g/mol. The zero-order valence-corrected chi connectivity index (χ0v) is 13.3. The second-order valence-electron chi connectivity index (χ2n) is 4.83. The first kappa shape index (κ1) is 19.0. The van der Waals surface area contributed by atoms with Crippen molar-refractivity contribution in [3.63, 3.8) is 0 Å². The summed E-state index contributed by atoms with van der Waals surface area (Å²) in [6, 6.07) is 6.69. The summed E-state index contributed by atoms with van der Waals surface area (Å²) in [6.07, 6.45) is 0.682. The van der Waals surface area contributed by atoms with Crippen LogP contribution in [-0.4, -0.2) is 25.1 Å². The topological polar surface area (TPSA) is 64.4 Å². The first-order valence-electron chi connectivity index (χ1n) is 6.40. The summed E-state index contributed by atoms with van der Waals surface area (Å²) in [5.41, 5.74) is 5.76. The molecule has 3 N–H and O–H groups in total. The van der Waals surface area contributed by atoms with Gasteiger partial charge in [-0.25, -0.2) is 0 Å². The Kier molecular flexibility index (Phi) is 9.38. The van der Waals surface area contributed by atoms with E-state index in [1.165, 1.54) is 0 Å². The predicted octanol–water partition coefficient (Wildman–Crippen LogP) is 2.63. The van der Waals surface area contributed by atoms with E-state index in [2.05, 4.69) is 5.32 Å². The molecule has 0 saturated heterocycles. The Bertz CT molecular complexity index is 414. The lowest BCUT2D eigenvalue weighted by Gasteiger charge is -2.14. The van der Waals surface area contributed by atoms with Gasteiger partial charge in [-0.2, -0.15) is 0 Å². The van der Waals surface area contributed by atoms with Crippen molar-refractivity contribution in [3.8, 4) is 5.75 Å². The van der Waals surface area contributed by atoms with Crippen LogP contribution in [0.25, 0.3) is 0 Å². The van der Waals surface area contributed by atoms with Gasteiger partial charge in [-0.1, -0.05) is 31.5 Å². The Morgan fingerprint density at radius 2 is 2.15 bits per heavy atom. The van der Waals surface area contributed by atoms with E-state index < -0.39 is 6.04 Å². The summed E-state index contributed by atoms with van der Waals surface area (Å²) in [6.45, 7) is 4.89. The van der Waals surface area contributed by atoms with Crippen molar-refractivity contribution in [1.82, 2.24) is 5.32 Å². The highest BCUT2D eigenvalue weighted by Gasteiger charge is 2.13. The molecule has 114 valence electrons. The Hall–Kier alpha value is -0.970. The molecular formula is C14H22Cl2N2O2. The molecule has 1 amide bonds. The third-order valence-electron chi connectivity index (χ3n) is 2.53. The lowest BCUT2D eigenvalue weighted by molar-refractivity contribution is -0.122. The van der Waals surface area contributed by atoms with Crippen molar-refractivity contribution >= 4 is 29.9 Å². The van der Waals surface area contributed by atoms with E-state index in [0.717, 1.165) is 0 Å². The van der Waals surface area contributed by atoms with Crippen LogP contribution in [0.4, 0.5) is 0 Å².